The van der Waals surface area contributed by atoms with Crippen molar-refractivity contribution >= 4 is 17.5 Å². The second kappa shape index (κ2) is 6.24. The van der Waals surface area contributed by atoms with Crippen molar-refractivity contribution in [2.24, 2.45) is 5.41 Å². The van der Waals surface area contributed by atoms with Gasteiger partial charge in [0.25, 0.3) is 0 Å². The number of alkyl halides is 1. The van der Waals surface area contributed by atoms with Crippen LogP contribution in [-0.4, -0.2) is 18.3 Å². The Labute approximate surface area is 115 Å². The number of halogens is 1. The SMILES string of the molecule is Cc1ccc(C)c(CCNC(=O)C(C)(C)CCl)c1. The van der Waals surface area contributed by atoms with Crippen molar-refractivity contribution < 1.29 is 4.79 Å². The molecule has 100 valence electrons. The third-order valence-electron chi connectivity index (χ3n) is 3.13. The maximum Gasteiger partial charge on any atom is 0.226 e. The Morgan fingerprint density at radius 3 is 2.61 bits per heavy atom. The topological polar surface area (TPSA) is 29.1 Å². The fourth-order valence-corrected chi connectivity index (χ4v) is 1.80. The summed E-state index contributed by atoms with van der Waals surface area (Å²) in [4.78, 5) is 11.8. The molecule has 3 heteroatoms. The smallest absolute Gasteiger partial charge is 0.226 e. The lowest BCUT2D eigenvalue weighted by atomic mass is 9.95. The van der Waals surface area contributed by atoms with Crippen LogP contribution < -0.4 is 5.32 Å². The van der Waals surface area contributed by atoms with Gasteiger partial charge in [0, 0.05) is 12.4 Å². The largest absolute Gasteiger partial charge is 0.355 e. The normalized spacial score (nSPS) is 11.4. The first-order chi connectivity index (χ1) is 8.36. The van der Waals surface area contributed by atoms with Crippen molar-refractivity contribution in [2.75, 3.05) is 12.4 Å². The average Bonchev–Trinajstić information content (AvgIpc) is 2.33. The Bertz CT molecular complexity index is 427. The summed E-state index contributed by atoms with van der Waals surface area (Å²) in [6.45, 7) is 8.54. The molecule has 0 unspecified atom stereocenters. The average molecular weight is 268 g/mol. The van der Waals surface area contributed by atoms with Crippen molar-refractivity contribution in [3.05, 3.63) is 34.9 Å². The highest BCUT2D eigenvalue weighted by Gasteiger charge is 2.25. The molecule has 0 saturated carbocycles. The number of rotatable bonds is 5. The number of carbonyl (C=O) groups is 1. The molecule has 2 nitrogen and oxygen atoms in total. The van der Waals surface area contributed by atoms with Crippen molar-refractivity contribution in [3.8, 4) is 0 Å². The van der Waals surface area contributed by atoms with E-state index in [-0.39, 0.29) is 5.91 Å². The van der Waals surface area contributed by atoms with Crippen LogP contribution in [0.4, 0.5) is 0 Å². The maximum atomic E-state index is 11.8. The van der Waals surface area contributed by atoms with Gasteiger partial charge in [0.2, 0.25) is 5.91 Å². The molecule has 0 bridgehead atoms. The molecular weight excluding hydrogens is 246 g/mol. The van der Waals surface area contributed by atoms with Gasteiger partial charge in [-0.15, -0.1) is 11.6 Å². The second-order valence-corrected chi connectivity index (χ2v) is 5.72. The Hall–Kier alpha value is -1.02. The lowest BCUT2D eigenvalue weighted by Gasteiger charge is -2.20. The van der Waals surface area contributed by atoms with Gasteiger partial charge in [-0.2, -0.15) is 0 Å². The Morgan fingerprint density at radius 2 is 2.00 bits per heavy atom. The molecule has 1 amide bonds. The van der Waals surface area contributed by atoms with Crippen molar-refractivity contribution in [3.63, 3.8) is 0 Å². The van der Waals surface area contributed by atoms with E-state index < -0.39 is 5.41 Å². The molecule has 0 aliphatic rings. The van der Waals surface area contributed by atoms with Gasteiger partial charge in [-0.25, -0.2) is 0 Å². The van der Waals surface area contributed by atoms with E-state index in [0.717, 1.165) is 6.42 Å². The van der Waals surface area contributed by atoms with E-state index in [4.69, 9.17) is 11.6 Å². The fraction of sp³-hybridized carbons (Fsp3) is 0.533. The van der Waals surface area contributed by atoms with Crippen molar-refractivity contribution in [1.29, 1.82) is 0 Å². The quantitative estimate of drug-likeness (QED) is 0.816. The molecule has 0 saturated heterocycles. The summed E-state index contributed by atoms with van der Waals surface area (Å²) in [5.74, 6) is 0.352. The molecule has 0 aromatic heterocycles. The number of carbonyl (C=O) groups excluding carboxylic acids is 1. The van der Waals surface area contributed by atoms with Crippen LogP contribution in [0.25, 0.3) is 0 Å². The van der Waals surface area contributed by atoms with E-state index in [1.807, 2.05) is 13.8 Å². The van der Waals surface area contributed by atoms with Gasteiger partial charge in [0.1, 0.15) is 0 Å². The van der Waals surface area contributed by atoms with Gasteiger partial charge >= 0.3 is 0 Å². The lowest BCUT2D eigenvalue weighted by Crippen LogP contribution is -2.39. The summed E-state index contributed by atoms with van der Waals surface area (Å²) < 4.78 is 0. The van der Waals surface area contributed by atoms with Crippen LogP contribution in [0.3, 0.4) is 0 Å². The third-order valence-corrected chi connectivity index (χ3v) is 3.80. The van der Waals surface area contributed by atoms with Crippen LogP contribution in [-0.2, 0) is 11.2 Å². The third kappa shape index (κ3) is 4.02. The van der Waals surface area contributed by atoms with Crippen LogP contribution in [0, 0.1) is 19.3 Å². The van der Waals surface area contributed by atoms with Gasteiger partial charge in [0.15, 0.2) is 0 Å². The monoisotopic (exact) mass is 267 g/mol. The number of nitrogens with one attached hydrogen (secondary N) is 1. The summed E-state index contributed by atoms with van der Waals surface area (Å²) in [5.41, 5.74) is 3.32. The summed E-state index contributed by atoms with van der Waals surface area (Å²) in [5, 5.41) is 2.95. The molecule has 0 aliphatic heterocycles. The van der Waals surface area contributed by atoms with Gasteiger partial charge in [0.05, 0.1) is 5.41 Å². The van der Waals surface area contributed by atoms with Gasteiger partial charge < -0.3 is 5.32 Å². The molecule has 18 heavy (non-hydrogen) atoms. The minimum atomic E-state index is -0.497. The molecule has 0 atom stereocenters. The van der Waals surface area contributed by atoms with E-state index in [9.17, 15) is 4.79 Å². The Kier molecular flexibility index (Phi) is 5.21. The van der Waals surface area contributed by atoms with Gasteiger partial charge in [-0.05, 0) is 45.2 Å². The minimum Gasteiger partial charge on any atom is -0.355 e. The molecule has 0 heterocycles. The molecule has 1 aromatic carbocycles. The second-order valence-electron chi connectivity index (χ2n) is 5.45. The van der Waals surface area contributed by atoms with Gasteiger partial charge in [-0.1, -0.05) is 23.8 Å². The summed E-state index contributed by atoms with van der Waals surface area (Å²) in [6.07, 6.45) is 0.859. The molecule has 0 fully saturated rings. The zero-order valence-electron chi connectivity index (χ0n) is 11.6. The lowest BCUT2D eigenvalue weighted by molar-refractivity contribution is -0.128. The van der Waals surface area contributed by atoms with Crippen molar-refractivity contribution in [1.82, 2.24) is 5.32 Å². The van der Waals surface area contributed by atoms with E-state index in [0.29, 0.717) is 12.4 Å². The highest BCUT2D eigenvalue weighted by molar-refractivity contribution is 6.19. The van der Waals surface area contributed by atoms with Crippen LogP contribution in [0.15, 0.2) is 18.2 Å². The molecule has 1 rings (SSSR count). The summed E-state index contributed by atoms with van der Waals surface area (Å²) >= 11 is 5.77. The van der Waals surface area contributed by atoms with Crippen molar-refractivity contribution in [2.45, 2.75) is 34.1 Å². The summed E-state index contributed by atoms with van der Waals surface area (Å²) in [6, 6.07) is 6.40. The molecule has 1 N–H and O–H groups in total. The van der Waals surface area contributed by atoms with Crippen LogP contribution in [0.5, 0.6) is 0 Å². The maximum absolute atomic E-state index is 11.8. The Balaban J connectivity index is 2.52. The van der Waals surface area contributed by atoms with E-state index in [2.05, 4.69) is 37.4 Å². The number of aryl methyl sites for hydroxylation is 2. The minimum absolute atomic E-state index is 0.0165. The molecular formula is C15H22ClNO. The molecule has 1 aromatic rings. The van der Waals surface area contributed by atoms with E-state index in [1.54, 1.807) is 0 Å². The molecule has 0 aliphatic carbocycles. The predicted molar refractivity (Wildman–Crippen MR) is 77.1 cm³/mol. The first-order valence-electron chi connectivity index (χ1n) is 6.27. The fourth-order valence-electron chi connectivity index (χ4n) is 1.68. The zero-order chi connectivity index (χ0) is 13.8. The first kappa shape index (κ1) is 15.0. The highest BCUT2D eigenvalue weighted by Crippen LogP contribution is 2.17. The number of hydrogen-bond acceptors (Lipinski definition) is 1. The van der Waals surface area contributed by atoms with E-state index >= 15 is 0 Å². The standard InChI is InChI=1S/C15H22ClNO/c1-11-5-6-12(2)13(9-11)7-8-17-14(18)15(3,4)10-16/h5-6,9H,7-8,10H2,1-4H3,(H,17,18). The van der Waals surface area contributed by atoms with E-state index in [1.165, 1.54) is 16.7 Å². The zero-order valence-corrected chi connectivity index (χ0v) is 12.4. The van der Waals surface area contributed by atoms with Crippen LogP contribution in [0.2, 0.25) is 0 Å². The number of hydrogen-bond donors (Lipinski definition) is 1. The number of amides is 1. The Morgan fingerprint density at radius 1 is 1.33 bits per heavy atom. The van der Waals surface area contributed by atoms with Gasteiger partial charge in [-0.3, -0.25) is 4.79 Å². The molecule has 0 radical (unpaired) electrons. The van der Waals surface area contributed by atoms with Crippen LogP contribution >= 0.6 is 11.6 Å². The highest BCUT2D eigenvalue weighted by atomic mass is 35.5. The first-order valence-corrected chi connectivity index (χ1v) is 6.80. The van der Waals surface area contributed by atoms with Crippen LogP contribution in [0.1, 0.15) is 30.5 Å². The predicted octanol–water partition coefficient (Wildman–Crippen LogP) is 3.23. The summed E-state index contributed by atoms with van der Waals surface area (Å²) in [7, 11) is 0. The number of benzene rings is 1. The molecule has 0 spiro atoms.